The Balaban J connectivity index is 1.29. The van der Waals surface area contributed by atoms with Gasteiger partial charge in [-0.3, -0.25) is 4.79 Å². The molecule has 29 heavy (non-hydrogen) atoms. The predicted octanol–water partition coefficient (Wildman–Crippen LogP) is 4.39. The highest BCUT2D eigenvalue weighted by molar-refractivity contribution is 7.09. The lowest BCUT2D eigenvalue weighted by molar-refractivity contribution is 0.205. The monoisotopic (exact) mass is 408 g/mol. The second-order valence-electron chi connectivity index (χ2n) is 7.62. The minimum Gasteiger partial charge on any atom is -0.493 e. The van der Waals surface area contributed by atoms with Gasteiger partial charge in [-0.25, -0.2) is 4.98 Å². The third kappa shape index (κ3) is 3.93. The zero-order valence-electron chi connectivity index (χ0n) is 16.2. The van der Waals surface area contributed by atoms with Crippen LogP contribution in [0.15, 0.2) is 39.8 Å². The molecule has 0 amide bonds. The molecule has 0 aliphatic carbocycles. The van der Waals surface area contributed by atoms with Crippen LogP contribution in [0.2, 0.25) is 0 Å². The number of nitrogens with one attached hydrogen (secondary N) is 2. The maximum Gasteiger partial charge on any atom is 0.276 e. The molecule has 0 saturated carbocycles. The fraction of sp³-hybridized carbons (Fsp3) is 0.364. The smallest absolute Gasteiger partial charge is 0.276 e. The molecule has 0 bridgehead atoms. The average Bonchev–Trinajstić information content (AvgIpc) is 3.37. The summed E-state index contributed by atoms with van der Waals surface area (Å²) in [5, 5.41) is 4.87. The average molecular weight is 409 g/mol. The fourth-order valence-electron chi connectivity index (χ4n) is 3.99. The van der Waals surface area contributed by atoms with Crippen molar-refractivity contribution in [3.05, 3.63) is 45.4 Å². The molecule has 2 N–H and O–H groups in total. The third-order valence-electron chi connectivity index (χ3n) is 5.52. The lowest BCUT2D eigenvalue weighted by Gasteiger charge is -2.26. The lowest BCUT2D eigenvalue weighted by atomic mass is 10.1. The number of ether oxygens (including phenoxy) is 1. The van der Waals surface area contributed by atoms with Gasteiger partial charge in [-0.1, -0.05) is 6.42 Å². The number of benzene rings is 1. The molecule has 1 aromatic carbocycles. The van der Waals surface area contributed by atoms with Crippen molar-refractivity contribution in [2.75, 3.05) is 26.2 Å². The Hall–Kier alpha value is -2.64. The maximum absolute atomic E-state index is 12.4. The lowest BCUT2D eigenvalue weighted by Crippen LogP contribution is -2.31. The maximum atomic E-state index is 12.4. The first kappa shape index (κ1) is 18.4. The van der Waals surface area contributed by atoms with E-state index in [0.717, 1.165) is 46.3 Å². The molecular formula is C22H24N4O2S. The van der Waals surface area contributed by atoms with Gasteiger partial charge in [0.05, 0.1) is 23.3 Å². The minimum atomic E-state index is -0.184. The Labute approximate surface area is 172 Å². The molecule has 7 heteroatoms. The standard InChI is InChI=1S/C22H24N4O2S/c27-22-21(24-19-13-29-14-20(19)25-22)18-11-15-5-6-16(12-17(15)23-18)28-10-4-9-26-7-2-1-3-8-26/h5-6,11-14,23H,1-4,7-10H2,(H,25,27). The van der Waals surface area contributed by atoms with Crippen LogP contribution in [0, 0.1) is 0 Å². The number of aromatic nitrogens is 3. The molecule has 4 heterocycles. The van der Waals surface area contributed by atoms with Gasteiger partial charge in [0.2, 0.25) is 0 Å². The Kier molecular flexibility index (Phi) is 5.08. The third-order valence-corrected chi connectivity index (χ3v) is 6.25. The van der Waals surface area contributed by atoms with Gasteiger partial charge in [-0.05, 0) is 50.6 Å². The highest BCUT2D eigenvalue weighted by atomic mass is 32.1. The highest BCUT2D eigenvalue weighted by Crippen LogP contribution is 2.26. The van der Waals surface area contributed by atoms with Crippen LogP contribution in [0.25, 0.3) is 33.3 Å². The molecule has 0 radical (unpaired) electrons. The first-order chi connectivity index (χ1) is 14.3. The van der Waals surface area contributed by atoms with Gasteiger partial charge in [-0.15, -0.1) is 11.3 Å². The summed E-state index contributed by atoms with van der Waals surface area (Å²) in [4.78, 5) is 25.7. The van der Waals surface area contributed by atoms with Gasteiger partial charge in [0.15, 0.2) is 5.69 Å². The summed E-state index contributed by atoms with van der Waals surface area (Å²) in [6.45, 7) is 4.27. The molecule has 0 spiro atoms. The zero-order chi connectivity index (χ0) is 19.6. The van der Waals surface area contributed by atoms with Gasteiger partial charge < -0.3 is 19.6 Å². The van der Waals surface area contributed by atoms with E-state index in [1.54, 1.807) is 0 Å². The first-order valence-electron chi connectivity index (χ1n) is 10.2. The molecule has 1 aliphatic heterocycles. The van der Waals surface area contributed by atoms with Crippen LogP contribution in [0.3, 0.4) is 0 Å². The van der Waals surface area contributed by atoms with Crippen LogP contribution in [0.1, 0.15) is 25.7 Å². The van der Waals surface area contributed by atoms with Crippen LogP contribution in [-0.2, 0) is 0 Å². The van der Waals surface area contributed by atoms with E-state index < -0.39 is 0 Å². The van der Waals surface area contributed by atoms with Gasteiger partial charge >= 0.3 is 0 Å². The predicted molar refractivity (Wildman–Crippen MR) is 118 cm³/mol. The van der Waals surface area contributed by atoms with E-state index in [0.29, 0.717) is 12.3 Å². The molecule has 1 fully saturated rings. The van der Waals surface area contributed by atoms with E-state index in [9.17, 15) is 4.79 Å². The number of hydrogen-bond acceptors (Lipinski definition) is 5. The van der Waals surface area contributed by atoms with Crippen molar-refractivity contribution in [2.24, 2.45) is 0 Å². The van der Waals surface area contributed by atoms with Gasteiger partial charge in [-0.2, -0.15) is 0 Å². The summed E-state index contributed by atoms with van der Waals surface area (Å²) in [7, 11) is 0. The molecule has 6 nitrogen and oxygen atoms in total. The van der Waals surface area contributed by atoms with Crippen molar-refractivity contribution in [3.8, 4) is 17.1 Å². The van der Waals surface area contributed by atoms with E-state index >= 15 is 0 Å². The van der Waals surface area contributed by atoms with E-state index in [4.69, 9.17) is 4.74 Å². The van der Waals surface area contributed by atoms with Crippen LogP contribution < -0.4 is 10.3 Å². The van der Waals surface area contributed by atoms with Crippen molar-refractivity contribution >= 4 is 33.3 Å². The van der Waals surface area contributed by atoms with Crippen molar-refractivity contribution < 1.29 is 4.74 Å². The molecule has 4 aromatic rings. The number of piperidine rings is 1. The van der Waals surface area contributed by atoms with Crippen LogP contribution >= 0.6 is 11.3 Å². The SMILES string of the molecule is O=c1[nH]c2cscc2nc1-c1cc2ccc(OCCCN3CCCCC3)cc2[nH]1. The molecule has 3 aromatic heterocycles. The molecule has 0 atom stereocenters. The van der Waals surface area contributed by atoms with E-state index in [2.05, 4.69) is 19.9 Å². The number of fused-ring (bicyclic) bond motifs is 2. The summed E-state index contributed by atoms with van der Waals surface area (Å²) in [6.07, 6.45) is 5.05. The second kappa shape index (κ2) is 8.00. The van der Waals surface area contributed by atoms with Crippen molar-refractivity contribution in [1.82, 2.24) is 19.9 Å². The first-order valence-corrected chi connectivity index (χ1v) is 11.1. The molecule has 150 valence electrons. The quantitative estimate of drug-likeness (QED) is 0.464. The number of rotatable bonds is 6. The van der Waals surface area contributed by atoms with E-state index in [1.807, 2.05) is 35.0 Å². The Morgan fingerprint density at radius 3 is 2.86 bits per heavy atom. The molecule has 0 unspecified atom stereocenters. The Morgan fingerprint density at radius 2 is 1.97 bits per heavy atom. The molecular weight excluding hydrogens is 384 g/mol. The summed E-state index contributed by atoms with van der Waals surface area (Å²) in [6, 6.07) is 7.97. The zero-order valence-corrected chi connectivity index (χ0v) is 17.1. The summed E-state index contributed by atoms with van der Waals surface area (Å²) >= 11 is 1.53. The number of aromatic amines is 2. The van der Waals surface area contributed by atoms with Crippen molar-refractivity contribution in [3.63, 3.8) is 0 Å². The molecule has 5 rings (SSSR count). The van der Waals surface area contributed by atoms with Gasteiger partial charge in [0.1, 0.15) is 5.75 Å². The van der Waals surface area contributed by atoms with E-state index in [-0.39, 0.29) is 5.56 Å². The highest BCUT2D eigenvalue weighted by Gasteiger charge is 2.12. The number of thiophene rings is 1. The van der Waals surface area contributed by atoms with E-state index in [1.165, 1.54) is 43.7 Å². The van der Waals surface area contributed by atoms with Gasteiger partial charge in [0, 0.05) is 34.3 Å². The summed E-state index contributed by atoms with van der Waals surface area (Å²) in [5.41, 5.74) is 3.48. The number of H-pyrrole nitrogens is 2. The Bertz CT molecular complexity index is 1190. The largest absolute Gasteiger partial charge is 0.493 e. The van der Waals surface area contributed by atoms with Crippen LogP contribution in [-0.4, -0.2) is 46.1 Å². The number of hydrogen-bond donors (Lipinski definition) is 2. The minimum absolute atomic E-state index is 0.184. The summed E-state index contributed by atoms with van der Waals surface area (Å²) in [5.74, 6) is 0.847. The van der Waals surface area contributed by atoms with Crippen molar-refractivity contribution in [1.29, 1.82) is 0 Å². The van der Waals surface area contributed by atoms with Crippen molar-refractivity contribution in [2.45, 2.75) is 25.7 Å². The number of likely N-dealkylation sites (tertiary alicyclic amines) is 1. The second-order valence-corrected chi connectivity index (χ2v) is 8.37. The van der Waals surface area contributed by atoms with Gasteiger partial charge in [0.25, 0.3) is 5.56 Å². The normalized spacial score (nSPS) is 15.3. The van der Waals surface area contributed by atoms with Crippen LogP contribution in [0.5, 0.6) is 5.75 Å². The molecule has 1 saturated heterocycles. The Morgan fingerprint density at radius 1 is 1.07 bits per heavy atom. The van der Waals surface area contributed by atoms with Crippen LogP contribution in [0.4, 0.5) is 0 Å². The topological polar surface area (TPSA) is 74.0 Å². The molecule has 1 aliphatic rings. The number of nitrogens with zero attached hydrogens (tertiary/aromatic N) is 2. The fourth-order valence-corrected chi connectivity index (χ4v) is 4.68. The summed E-state index contributed by atoms with van der Waals surface area (Å²) < 4.78 is 5.96.